The van der Waals surface area contributed by atoms with Gasteiger partial charge in [0.2, 0.25) is 0 Å². The highest BCUT2D eigenvalue weighted by molar-refractivity contribution is 6.14. The lowest BCUT2D eigenvalue weighted by molar-refractivity contribution is 0.0603. The molecule has 0 radical (unpaired) electrons. The van der Waals surface area contributed by atoms with Gasteiger partial charge in [-0.25, -0.2) is 14.2 Å². The molecule has 0 aliphatic carbocycles. The lowest BCUT2D eigenvalue weighted by atomic mass is 10.0. The van der Waals surface area contributed by atoms with Crippen LogP contribution in [-0.2, 0) is 11.8 Å². The quantitative estimate of drug-likeness (QED) is 0.418. The van der Waals surface area contributed by atoms with Crippen molar-refractivity contribution < 1.29 is 13.9 Å². The second-order valence-electron chi connectivity index (χ2n) is 7.11. The van der Waals surface area contributed by atoms with Crippen molar-refractivity contribution in [2.45, 2.75) is 6.92 Å². The fourth-order valence-corrected chi connectivity index (χ4v) is 3.58. The molecule has 8 nitrogen and oxygen atoms in total. The Kier molecular flexibility index (Phi) is 4.25. The minimum Gasteiger partial charge on any atom is -0.465 e. The van der Waals surface area contributed by atoms with Crippen LogP contribution in [0.25, 0.3) is 38.9 Å². The number of aryl methyl sites for hydroxylation is 1. The molecule has 5 aromatic rings. The van der Waals surface area contributed by atoms with Crippen LogP contribution in [0.15, 0.2) is 48.7 Å². The van der Waals surface area contributed by atoms with E-state index in [4.69, 9.17) is 9.72 Å². The molecular formula is C22H17FN6O2. The predicted molar refractivity (Wildman–Crippen MR) is 112 cm³/mol. The Labute approximate surface area is 175 Å². The molecule has 2 aromatic carbocycles. The van der Waals surface area contributed by atoms with Gasteiger partial charge in [-0.1, -0.05) is 6.07 Å². The first-order valence-corrected chi connectivity index (χ1v) is 9.50. The van der Waals surface area contributed by atoms with E-state index in [2.05, 4.69) is 15.3 Å². The summed E-state index contributed by atoms with van der Waals surface area (Å²) in [5.41, 5.74) is 4.73. The van der Waals surface area contributed by atoms with Crippen LogP contribution in [0.2, 0.25) is 0 Å². The van der Waals surface area contributed by atoms with Crippen LogP contribution in [0.4, 0.5) is 4.39 Å². The molecule has 0 N–H and O–H groups in total. The summed E-state index contributed by atoms with van der Waals surface area (Å²) >= 11 is 0. The molecule has 31 heavy (non-hydrogen) atoms. The van der Waals surface area contributed by atoms with Crippen molar-refractivity contribution in [3.05, 3.63) is 65.7 Å². The van der Waals surface area contributed by atoms with E-state index in [1.54, 1.807) is 41.2 Å². The predicted octanol–water partition coefficient (Wildman–Crippen LogP) is 3.60. The van der Waals surface area contributed by atoms with Crippen LogP contribution in [0.3, 0.4) is 0 Å². The highest BCUT2D eigenvalue weighted by Crippen LogP contribution is 2.31. The van der Waals surface area contributed by atoms with Crippen molar-refractivity contribution in [3.8, 4) is 16.9 Å². The number of nitrogens with zero attached hydrogens (tertiary/aromatic N) is 6. The van der Waals surface area contributed by atoms with Gasteiger partial charge in [0.1, 0.15) is 16.9 Å². The number of rotatable bonds is 3. The van der Waals surface area contributed by atoms with Crippen molar-refractivity contribution >= 4 is 27.9 Å². The summed E-state index contributed by atoms with van der Waals surface area (Å²) in [5.74, 6) is -0.903. The summed E-state index contributed by atoms with van der Waals surface area (Å²) in [4.78, 5) is 18.8. The maximum atomic E-state index is 13.7. The SMILES string of the molecule is COC(=O)c1cc(-c2cnn(C)c2C)nc2ccc3nn(-c4cccc(F)c4)nc3c12. The fourth-order valence-electron chi connectivity index (χ4n) is 3.58. The van der Waals surface area contributed by atoms with E-state index in [0.29, 0.717) is 38.9 Å². The summed E-state index contributed by atoms with van der Waals surface area (Å²) in [6.45, 7) is 1.93. The van der Waals surface area contributed by atoms with E-state index in [1.807, 2.05) is 14.0 Å². The van der Waals surface area contributed by atoms with Crippen molar-refractivity contribution in [2.75, 3.05) is 7.11 Å². The smallest absolute Gasteiger partial charge is 0.338 e. The van der Waals surface area contributed by atoms with Gasteiger partial charge in [-0.3, -0.25) is 4.68 Å². The number of fused-ring (bicyclic) bond motifs is 3. The van der Waals surface area contributed by atoms with Crippen molar-refractivity contribution in [3.63, 3.8) is 0 Å². The van der Waals surface area contributed by atoms with Crippen LogP contribution in [0.5, 0.6) is 0 Å². The van der Waals surface area contributed by atoms with Crippen LogP contribution in [-0.4, -0.2) is 42.8 Å². The first-order chi connectivity index (χ1) is 15.0. The molecule has 0 bridgehead atoms. The van der Waals surface area contributed by atoms with E-state index in [0.717, 1.165) is 11.3 Å². The highest BCUT2D eigenvalue weighted by atomic mass is 19.1. The Balaban J connectivity index is 1.80. The zero-order chi connectivity index (χ0) is 21.7. The summed E-state index contributed by atoms with van der Waals surface area (Å²) in [5, 5.41) is 13.8. The van der Waals surface area contributed by atoms with Gasteiger partial charge in [0.25, 0.3) is 0 Å². The number of ether oxygens (including phenoxy) is 1. The molecule has 0 saturated carbocycles. The van der Waals surface area contributed by atoms with Gasteiger partial charge >= 0.3 is 5.97 Å². The number of benzene rings is 2. The van der Waals surface area contributed by atoms with E-state index in [9.17, 15) is 9.18 Å². The summed E-state index contributed by atoms with van der Waals surface area (Å²) < 4.78 is 20.4. The molecule has 9 heteroatoms. The fraction of sp³-hybridized carbons (Fsp3) is 0.136. The molecule has 0 aliphatic heterocycles. The molecule has 0 aliphatic rings. The number of hydrogen-bond donors (Lipinski definition) is 0. The summed E-state index contributed by atoms with van der Waals surface area (Å²) in [7, 11) is 3.17. The Morgan fingerprint density at radius 1 is 1.10 bits per heavy atom. The third-order valence-corrected chi connectivity index (χ3v) is 5.28. The third-order valence-electron chi connectivity index (χ3n) is 5.28. The maximum absolute atomic E-state index is 13.7. The molecule has 0 fully saturated rings. The third kappa shape index (κ3) is 3.02. The summed E-state index contributed by atoms with van der Waals surface area (Å²) in [6, 6.07) is 11.2. The molecular weight excluding hydrogens is 399 g/mol. The molecule has 154 valence electrons. The summed E-state index contributed by atoms with van der Waals surface area (Å²) in [6.07, 6.45) is 1.71. The number of aromatic nitrogens is 6. The van der Waals surface area contributed by atoms with E-state index >= 15 is 0 Å². The van der Waals surface area contributed by atoms with Crippen LogP contribution in [0.1, 0.15) is 16.1 Å². The minimum atomic E-state index is -0.511. The van der Waals surface area contributed by atoms with E-state index < -0.39 is 11.8 Å². The first-order valence-electron chi connectivity index (χ1n) is 9.50. The van der Waals surface area contributed by atoms with Crippen molar-refractivity contribution in [1.29, 1.82) is 0 Å². The van der Waals surface area contributed by atoms with Gasteiger partial charge in [0, 0.05) is 29.8 Å². The van der Waals surface area contributed by atoms with Crippen LogP contribution in [0, 0.1) is 12.7 Å². The number of carbonyl (C=O) groups is 1. The van der Waals surface area contributed by atoms with Gasteiger partial charge in [0.15, 0.2) is 0 Å². The second kappa shape index (κ2) is 6.98. The van der Waals surface area contributed by atoms with E-state index in [1.165, 1.54) is 24.0 Å². The number of hydrogen-bond acceptors (Lipinski definition) is 6. The number of methoxy groups -OCH3 is 1. The van der Waals surface area contributed by atoms with Crippen LogP contribution < -0.4 is 0 Å². The molecule has 0 amide bonds. The molecule has 0 saturated heterocycles. The molecule has 0 spiro atoms. The number of pyridine rings is 1. The lowest BCUT2D eigenvalue weighted by Crippen LogP contribution is -2.05. The average Bonchev–Trinajstić information content (AvgIpc) is 3.36. The topological polar surface area (TPSA) is 87.7 Å². The van der Waals surface area contributed by atoms with Gasteiger partial charge in [-0.15, -0.1) is 10.2 Å². The average molecular weight is 416 g/mol. The Bertz CT molecular complexity index is 1490. The maximum Gasteiger partial charge on any atom is 0.338 e. The molecule has 3 heterocycles. The van der Waals surface area contributed by atoms with Gasteiger partial charge in [0.05, 0.1) is 35.8 Å². The molecule has 0 unspecified atom stereocenters. The number of halogens is 1. The lowest BCUT2D eigenvalue weighted by Gasteiger charge is -2.08. The van der Waals surface area contributed by atoms with Gasteiger partial charge in [-0.05, 0) is 37.3 Å². The number of carbonyl (C=O) groups excluding carboxylic acids is 1. The van der Waals surface area contributed by atoms with Crippen LogP contribution >= 0.6 is 0 Å². The van der Waals surface area contributed by atoms with Gasteiger partial charge in [-0.2, -0.15) is 9.90 Å². The first kappa shape index (κ1) is 18.9. The molecule has 3 aromatic heterocycles. The number of esters is 1. The van der Waals surface area contributed by atoms with Gasteiger partial charge < -0.3 is 4.74 Å². The standard InChI is InChI=1S/C22H17FN6O2/c1-12-16(11-24-28(12)2)19-10-15(22(30)31-3)20-17(25-19)7-8-18-21(20)27-29(26-18)14-6-4-5-13(23)9-14/h4-11H,1-3H3. The minimum absolute atomic E-state index is 0.322. The highest BCUT2D eigenvalue weighted by Gasteiger charge is 2.21. The zero-order valence-electron chi connectivity index (χ0n) is 17.0. The Morgan fingerprint density at radius 2 is 1.90 bits per heavy atom. The van der Waals surface area contributed by atoms with Crippen molar-refractivity contribution in [2.24, 2.45) is 7.05 Å². The Hall–Kier alpha value is -4.14. The monoisotopic (exact) mass is 416 g/mol. The zero-order valence-corrected chi connectivity index (χ0v) is 17.0. The normalized spacial score (nSPS) is 11.4. The molecule has 0 atom stereocenters. The second-order valence-corrected chi connectivity index (χ2v) is 7.11. The molecule has 5 rings (SSSR count). The van der Waals surface area contributed by atoms with Crippen molar-refractivity contribution in [1.82, 2.24) is 29.8 Å². The Morgan fingerprint density at radius 3 is 2.61 bits per heavy atom. The van der Waals surface area contributed by atoms with E-state index in [-0.39, 0.29) is 0 Å². The largest absolute Gasteiger partial charge is 0.465 e.